The summed E-state index contributed by atoms with van der Waals surface area (Å²) >= 11 is 0. The van der Waals surface area contributed by atoms with Crippen molar-refractivity contribution in [1.29, 1.82) is 0 Å². The topological polar surface area (TPSA) is 59.2 Å². The third-order valence-corrected chi connectivity index (χ3v) is 2.58. The van der Waals surface area contributed by atoms with Crippen LogP contribution >= 0.6 is 0 Å². The van der Waals surface area contributed by atoms with Gasteiger partial charge in [0.25, 0.3) is 0 Å². The van der Waals surface area contributed by atoms with E-state index in [1.807, 2.05) is 24.3 Å². The van der Waals surface area contributed by atoms with Crippen LogP contribution < -0.4 is 0 Å². The summed E-state index contributed by atoms with van der Waals surface area (Å²) in [5.41, 5.74) is 2.57. The molecule has 0 unspecified atom stereocenters. The number of aromatic nitrogens is 2. The molecular formula is C13H10N2O2. The first-order valence-electron chi connectivity index (χ1n) is 5.26. The highest BCUT2D eigenvalue weighted by atomic mass is 16.4. The lowest BCUT2D eigenvalue weighted by molar-refractivity contribution is 0.251. The van der Waals surface area contributed by atoms with E-state index < -0.39 is 0 Å². The SMILES string of the molecule is OCc1cc2cc(-c3cnccn3)ccc2o1. The normalized spacial score (nSPS) is 10.9. The number of benzene rings is 1. The molecule has 0 bridgehead atoms. The molecule has 0 saturated heterocycles. The molecule has 0 spiro atoms. The summed E-state index contributed by atoms with van der Waals surface area (Å²) in [6, 6.07) is 7.60. The molecule has 0 aliphatic rings. The van der Waals surface area contributed by atoms with Gasteiger partial charge in [-0.2, -0.15) is 0 Å². The molecule has 4 nitrogen and oxygen atoms in total. The largest absolute Gasteiger partial charge is 0.459 e. The molecule has 4 heteroatoms. The van der Waals surface area contributed by atoms with E-state index in [4.69, 9.17) is 9.52 Å². The van der Waals surface area contributed by atoms with Crippen molar-refractivity contribution in [3.8, 4) is 11.3 Å². The monoisotopic (exact) mass is 226 g/mol. The highest BCUT2D eigenvalue weighted by Crippen LogP contribution is 2.25. The van der Waals surface area contributed by atoms with E-state index in [-0.39, 0.29) is 6.61 Å². The average molecular weight is 226 g/mol. The zero-order chi connectivity index (χ0) is 11.7. The molecular weight excluding hydrogens is 216 g/mol. The summed E-state index contributed by atoms with van der Waals surface area (Å²) in [6.45, 7) is -0.0881. The summed E-state index contributed by atoms with van der Waals surface area (Å²) in [5, 5.41) is 9.96. The Bertz CT molecular complexity index is 647. The van der Waals surface area contributed by atoms with Crippen molar-refractivity contribution in [3.63, 3.8) is 0 Å². The second-order valence-electron chi connectivity index (χ2n) is 3.71. The first kappa shape index (κ1) is 9.99. The fraction of sp³-hybridized carbons (Fsp3) is 0.0769. The van der Waals surface area contributed by atoms with Crippen LogP contribution in [0.15, 0.2) is 47.3 Å². The zero-order valence-electron chi connectivity index (χ0n) is 9.00. The maximum absolute atomic E-state index is 9.01. The summed E-state index contributed by atoms with van der Waals surface area (Å²) < 4.78 is 5.42. The van der Waals surface area contributed by atoms with Gasteiger partial charge in [-0.1, -0.05) is 0 Å². The van der Waals surface area contributed by atoms with Crippen molar-refractivity contribution in [1.82, 2.24) is 9.97 Å². The molecule has 17 heavy (non-hydrogen) atoms. The van der Waals surface area contributed by atoms with Crippen molar-refractivity contribution >= 4 is 11.0 Å². The van der Waals surface area contributed by atoms with E-state index >= 15 is 0 Å². The minimum atomic E-state index is -0.0881. The number of rotatable bonds is 2. The number of hydrogen-bond donors (Lipinski definition) is 1. The van der Waals surface area contributed by atoms with Crippen LogP contribution in [0.5, 0.6) is 0 Å². The fourth-order valence-corrected chi connectivity index (χ4v) is 1.78. The Kier molecular flexibility index (Phi) is 2.34. The van der Waals surface area contributed by atoms with Gasteiger partial charge < -0.3 is 9.52 Å². The van der Waals surface area contributed by atoms with E-state index in [0.717, 1.165) is 22.2 Å². The molecule has 0 saturated carbocycles. The number of aliphatic hydroxyl groups excluding tert-OH is 1. The van der Waals surface area contributed by atoms with Gasteiger partial charge in [-0.05, 0) is 24.3 Å². The summed E-state index contributed by atoms with van der Waals surface area (Å²) in [7, 11) is 0. The van der Waals surface area contributed by atoms with Crippen molar-refractivity contribution in [2.24, 2.45) is 0 Å². The van der Waals surface area contributed by atoms with Gasteiger partial charge >= 0.3 is 0 Å². The Morgan fingerprint density at radius 2 is 2.12 bits per heavy atom. The van der Waals surface area contributed by atoms with Crippen molar-refractivity contribution in [2.75, 3.05) is 0 Å². The molecule has 84 valence electrons. The van der Waals surface area contributed by atoms with Crippen LogP contribution in [0.2, 0.25) is 0 Å². The van der Waals surface area contributed by atoms with Gasteiger partial charge in [-0.15, -0.1) is 0 Å². The maximum atomic E-state index is 9.01. The minimum Gasteiger partial charge on any atom is -0.459 e. The van der Waals surface area contributed by atoms with Crippen molar-refractivity contribution < 1.29 is 9.52 Å². The standard InChI is InChI=1S/C13H10N2O2/c16-8-11-6-10-5-9(1-2-13(10)17-11)12-7-14-3-4-15-12/h1-7,16H,8H2. The summed E-state index contributed by atoms with van der Waals surface area (Å²) in [4.78, 5) is 8.28. The van der Waals surface area contributed by atoms with Gasteiger partial charge in [0, 0.05) is 23.3 Å². The van der Waals surface area contributed by atoms with Gasteiger partial charge in [-0.25, -0.2) is 0 Å². The van der Waals surface area contributed by atoms with Crippen LogP contribution in [-0.2, 0) is 6.61 Å². The van der Waals surface area contributed by atoms with E-state index in [1.54, 1.807) is 18.6 Å². The number of nitrogens with zero attached hydrogens (tertiary/aromatic N) is 2. The molecule has 0 atom stereocenters. The highest BCUT2D eigenvalue weighted by Gasteiger charge is 2.05. The summed E-state index contributed by atoms with van der Waals surface area (Å²) in [6.07, 6.45) is 5.02. The van der Waals surface area contributed by atoms with E-state index in [9.17, 15) is 0 Å². The summed E-state index contributed by atoms with van der Waals surface area (Å²) in [5.74, 6) is 0.566. The molecule has 0 fully saturated rings. The molecule has 0 amide bonds. The molecule has 0 aliphatic heterocycles. The van der Waals surface area contributed by atoms with Gasteiger partial charge in [-0.3, -0.25) is 9.97 Å². The van der Waals surface area contributed by atoms with E-state index in [0.29, 0.717) is 5.76 Å². The van der Waals surface area contributed by atoms with Crippen LogP contribution in [0.1, 0.15) is 5.76 Å². The third kappa shape index (κ3) is 1.79. The first-order valence-corrected chi connectivity index (χ1v) is 5.26. The Hall–Kier alpha value is -2.20. The van der Waals surface area contributed by atoms with E-state index in [2.05, 4.69) is 9.97 Å². The fourth-order valence-electron chi connectivity index (χ4n) is 1.78. The Balaban J connectivity index is 2.13. The second kappa shape index (κ2) is 3.99. The predicted octanol–water partition coefficient (Wildman–Crippen LogP) is 2.38. The minimum absolute atomic E-state index is 0.0881. The lowest BCUT2D eigenvalue weighted by atomic mass is 10.1. The Morgan fingerprint density at radius 1 is 1.18 bits per heavy atom. The van der Waals surface area contributed by atoms with Crippen LogP contribution in [0.3, 0.4) is 0 Å². The van der Waals surface area contributed by atoms with Crippen molar-refractivity contribution in [2.45, 2.75) is 6.61 Å². The average Bonchev–Trinajstić information content (AvgIpc) is 2.81. The number of furan rings is 1. The first-order chi connectivity index (χ1) is 8.36. The molecule has 1 aromatic carbocycles. The second-order valence-corrected chi connectivity index (χ2v) is 3.71. The number of aliphatic hydroxyl groups is 1. The van der Waals surface area contributed by atoms with Gasteiger partial charge in [0.2, 0.25) is 0 Å². The number of hydrogen-bond acceptors (Lipinski definition) is 4. The quantitative estimate of drug-likeness (QED) is 0.728. The molecule has 1 N–H and O–H groups in total. The Labute approximate surface area is 97.6 Å². The molecule has 2 aromatic heterocycles. The van der Waals surface area contributed by atoms with E-state index in [1.165, 1.54) is 0 Å². The van der Waals surface area contributed by atoms with Gasteiger partial charge in [0.05, 0.1) is 11.9 Å². The number of fused-ring (bicyclic) bond motifs is 1. The van der Waals surface area contributed by atoms with Crippen LogP contribution in [0.25, 0.3) is 22.2 Å². The molecule has 0 aliphatic carbocycles. The Morgan fingerprint density at radius 3 is 2.88 bits per heavy atom. The molecule has 0 radical (unpaired) electrons. The van der Waals surface area contributed by atoms with Gasteiger partial charge in [0.15, 0.2) is 0 Å². The molecule has 3 rings (SSSR count). The highest BCUT2D eigenvalue weighted by molar-refractivity contribution is 5.83. The van der Waals surface area contributed by atoms with Crippen LogP contribution in [0, 0.1) is 0 Å². The van der Waals surface area contributed by atoms with Gasteiger partial charge in [0.1, 0.15) is 18.0 Å². The van der Waals surface area contributed by atoms with Crippen molar-refractivity contribution in [3.05, 3.63) is 48.6 Å². The maximum Gasteiger partial charge on any atom is 0.134 e. The molecule has 3 aromatic rings. The third-order valence-electron chi connectivity index (χ3n) is 2.58. The molecule has 2 heterocycles. The van der Waals surface area contributed by atoms with Crippen LogP contribution in [-0.4, -0.2) is 15.1 Å². The predicted molar refractivity (Wildman–Crippen MR) is 63.2 cm³/mol. The lowest BCUT2D eigenvalue weighted by Crippen LogP contribution is -1.83. The smallest absolute Gasteiger partial charge is 0.134 e. The zero-order valence-corrected chi connectivity index (χ0v) is 9.00. The van der Waals surface area contributed by atoms with Crippen LogP contribution in [0.4, 0.5) is 0 Å². The lowest BCUT2D eigenvalue weighted by Gasteiger charge is -1.98.